The first kappa shape index (κ1) is 15.6. The van der Waals surface area contributed by atoms with Crippen molar-refractivity contribution >= 4 is 15.8 Å². The van der Waals surface area contributed by atoms with Gasteiger partial charge < -0.3 is 10.2 Å². The maximum Gasteiger partial charge on any atom is 0.193 e. The van der Waals surface area contributed by atoms with Gasteiger partial charge >= 0.3 is 0 Å². The fourth-order valence-corrected chi connectivity index (χ4v) is 4.89. The van der Waals surface area contributed by atoms with Gasteiger partial charge in [-0.2, -0.15) is 0 Å². The third-order valence-electron chi connectivity index (χ3n) is 4.12. The number of hydrogen-bond donors (Lipinski definition) is 1. The molecule has 1 N–H and O–H groups in total. The summed E-state index contributed by atoms with van der Waals surface area (Å²) in [6, 6.07) is 0. The van der Waals surface area contributed by atoms with E-state index in [4.69, 9.17) is 0 Å². The standard InChI is InChI=1S/C14H27N3O2S/c1-3-15-14(17-7-4-5-12(2)10-17)16-9-13-6-8-20(18,19)11-13/h12-13H,3-11H2,1-2H3,(H,15,16). The number of nitrogens with one attached hydrogen (secondary N) is 1. The fraction of sp³-hybridized carbons (Fsp3) is 0.929. The van der Waals surface area contributed by atoms with E-state index in [1.807, 2.05) is 0 Å². The zero-order valence-corrected chi connectivity index (χ0v) is 13.5. The summed E-state index contributed by atoms with van der Waals surface area (Å²) < 4.78 is 23.0. The molecule has 116 valence electrons. The molecule has 0 aliphatic carbocycles. The van der Waals surface area contributed by atoms with Crippen LogP contribution in [-0.4, -0.2) is 57.0 Å². The van der Waals surface area contributed by atoms with Crippen molar-refractivity contribution in [2.45, 2.75) is 33.1 Å². The van der Waals surface area contributed by atoms with Crippen molar-refractivity contribution in [3.05, 3.63) is 0 Å². The Hall–Kier alpha value is -0.780. The van der Waals surface area contributed by atoms with Crippen LogP contribution in [0.15, 0.2) is 4.99 Å². The lowest BCUT2D eigenvalue weighted by molar-refractivity contribution is 0.265. The third-order valence-corrected chi connectivity index (χ3v) is 5.95. The van der Waals surface area contributed by atoms with Gasteiger partial charge in [0, 0.05) is 26.2 Å². The number of aliphatic imine (C=N–C) groups is 1. The summed E-state index contributed by atoms with van der Waals surface area (Å²) in [5.74, 6) is 2.52. The molecule has 0 aromatic carbocycles. The Balaban J connectivity index is 1.95. The molecule has 2 aliphatic rings. The Bertz CT molecular complexity index is 447. The highest BCUT2D eigenvalue weighted by atomic mass is 32.2. The molecule has 0 bridgehead atoms. The summed E-state index contributed by atoms with van der Waals surface area (Å²) in [6.07, 6.45) is 3.27. The second-order valence-corrected chi connectivity index (χ2v) is 8.39. The maximum absolute atomic E-state index is 11.5. The molecule has 2 fully saturated rings. The lowest BCUT2D eigenvalue weighted by Crippen LogP contribution is -2.46. The van der Waals surface area contributed by atoms with E-state index in [1.54, 1.807) is 0 Å². The van der Waals surface area contributed by atoms with Gasteiger partial charge in [-0.25, -0.2) is 8.42 Å². The first-order valence-electron chi connectivity index (χ1n) is 7.74. The van der Waals surface area contributed by atoms with Gasteiger partial charge in [-0.3, -0.25) is 4.99 Å². The van der Waals surface area contributed by atoms with Gasteiger partial charge in [0.25, 0.3) is 0 Å². The highest BCUT2D eigenvalue weighted by Gasteiger charge is 2.28. The molecule has 2 aliphatic heterocycles. The van der Waals surface area contributed by atoms with E-state index in [0.29, 0.717) is 24.0 Å². The maximum atomic E-state index is 11.5. The number of guanidine groups is 1. The average Bonchev–Trinajstić information content (AvgIpc) is 2.74. The molecule has 20 heavy (non-hydrogen) atoms. The van der Waals surface area contributed by atoms with Gasteiger partial charge in [0.15, 0.2) is 15.8 Å². The van der Waals surface area contributed by atoms with Crippen LogP contribution >= 0.6 is 0 Å². The molecule has 5 nitrogen and oxygen atoms in total. The molecule has 6 heteroatoms. The second-order valence-electron chi connectivity index (χ2n) is 6.16. The second kappa shape index (κ2) is 6.78. The lowest BCUT2D eigenvalue weighted by Gasteiger charge is -2.33. The number of piperidine rings is 1. The predicted molar refractivity (Wildman–Crippen MR) is 82.7 cm³/mol. The number of rotatable bonds is 3. The molecule has 2 rings (SSSR count). The first-order valence-corrected chi connectivity index (χ1v) is 9.56. The Labute approximate surface area is 122 Å². The van der Waals surface area contributed by atoms with Crippen LogP contribution in [0.2, 0.25) is 0 Å². The number of hydrogen-bond acceptors (Lipinski definition) is 3. The van der Waals surface area contributed by atoms with Crippen LogP contribution in [0.1, 0.15) is 33.1 Å². The molecular weight excluding hydrogens is 274 g/mol. The quantitative estimate of drug-likeness (QED) is 0.627. The van der Waals surface area contributed by atoms with Gasteiger partial charge in [-0.15, -0.1) is 0 Å². The van der Waals surface area contributed by atoms with E-state index in [0.717, 1.165) is 32.0 Å². The van der Waals surface area contributed by atoms with E-state index >= 15 is 0 Å². The minimum Gasteiger partial charge on any atom is -0.357 e. The van der Waals surface area contributed by atoms with Crippen LogP contribution in [0.4, 0.5) is 0 Å². The fourth-order valence-electron chi connectivity index (χ4n) is 3.04. The minimum absolute atomic E-state index is 0.205. The Morgan fingerprint density at radius 1 is 1.40 bits per heavy atom. The van der Waals surface area contributed by atoms with Crippen molar-refractivity contribution in [2.24, 2.45) is 16.8 Å². The van der Waals surface area contributed by atoms with Crippen molar-refractivity contribution in [3.63, 3.8) is 0 Å². The summed E-state index contributed by atoms with van der Waals surface area (Å²) >= 11 is 0. The van der Waals surface area contributed by atoms with Crippen LogP contribution in [0, 0.1) is 11.8 Å². The molecule has 0 aromatic rings. The van der Waals surface area contributed by atoms with Crippen LogP contribution in [-0.2, 0) is 9.84 Å². The van der Waals surface area contributed by atoms with Crippen LogP contribution in [0.25, 0.3) is 0 Å². The normalized spacial score (nSPS) is 30.5. The summed E-state index contributed by atoms with van der Waals surface area (Å²) in [4.78, 5) is 7.01. The lowest BCUT2D eigenvalue weighted by atomic mass is 10.0. The topological polar surface area (TPSA) is 61.8 Å². The Morgan fingerprint density at radius 2 is 2.20 bits per heavy atom. The number of sulfone groups is 1. The van der Waals surface area contributed by atoms with Gasteiger partial charge in [0.1, 0.15) is 0 Å². The molecule has 2 atom stereocenters. The molecule has 0 amide bonds. The Morgan fingerprint density at radius 3 is 2.80 bits per heavy atom. The van der Waals surface area contributed by atoms with E-state index < -0.39 is 9.84 Å². The van der Waals surface area contributed by atoms with E-state index in [1.165, 1.54) is 12.8 Å². The van der Waals surface area contributed by atoms with Crippen molar-refractivity contribution in [1.82, 2.24) is 10.2 Å². The van der Waals surface area contributed by atoms with Crippen molar-refractivity contribution in [3.8, 4) is 0 Å². The molecular formula is C14H27N3O2S. The van der Waals surface area contributed by atoms with Crippen LogP contribution in [0.5, 0.6) is 0 Å². The third kappa shape index (κ3) is 4.36. The van der Waals surface area contributed by atoms with Crippen molar-refractivity contribution in [1.29, 1.82) is 0 Å². The zero-order valence-electron chi connectivity index (χ0n) is 12.6. The van der Waals surface area contributed by atoms with Gasteiger partial charge in [0.05, 0.1) is 11.5 Å². The van der Waals surface area contributed by atoms with Crippen LogP contribution in [0.3, 0.4) is 0 Å². The first-order chi connectivity index (χ1) is 9.50. The number of likely N-dealkylation sites (tertiary alicyclic amines) is 1. The van der Waals surface area contributed by atoms with E-state index in [-0.39, 0.29) is 5.92 Å². The van der Waals surface area contributed by atoms with Gasteiger partial charge in [0.2, 0.25) is 0 Å². The SMILES string of the molecule is CCNC(=NCC1CCS(=O)(=O)C1)N1CCCC(C)C1. The largest absolute Gasteiger partial charge is 0.357 e. The summed E-state index contributed by atoms with van der Waals surface area (Å²) in [5, 5.41) is 3.34. The monoisotopic (exact) mass is 301 g/mol. The minimum atomic E-state index is -2.79. The molecule has 0 aromatic heterocycles. The summed E-state index contributed by atoms with van der Waals surface area (Å²) in [5.41, 5.74) is 0. The molecule has 2 unspecified atom stereocenters. The molecule has 0 radical (unpaired) electrons. The zero-order chi connectivity index (χ0) is 14.6. The summed E-state index contributed by atoms with van der Waals surface area (Å²) in [6.45, 7) is 7.94. The molecule has 2 saturated heterocycles. The molecule has 0 saturated carbocycles. The van der Waals surface area contributed by atoms with Crippen LogP contribution < -0.4 is 5.32 Å². The van der Waals surface area contributed by atoms with Crippen molar-refractivity contribution < 1.29 is 8.42 Å². The molecule has 2 heterocycles. The summed E-state index contributed by atoms with van der Waals surface area (Å²) in [7, 11) is -2.79. The number of nitrogens with zero attached hydrogens (tertiary/aromatic N) is 2. The smallest absolute Gasteiger partial charge is 0.193 e. The highest BCUT2D eigenvalue weighted by Crippen LogP contribution is 2.19. The predicted octanol–water partition coefficient (Wildman–Crippen LogP) is 1.12. The Kier molecular flexibility index (Phi) is 5.29. The highest BCUT2D eigenvalue weighted by molar-refractivity contribution is 7.91. The van der Waals surface area contributed by atoms with Gasteiger partial charge in [-0.05, 0) is 38.0 Å². The van der Waals surface area contributed by atoms with Crippen molar-refractivity contribution in [2.75, 3.05) is 37.7 Å². The van der Waals surface area contributed by atoms with E-state index in [2.05, 4.69) is 29.1 Å². The molecule has 0 spiro atoms. The van der Waals surface area contributed by atoms with E-state index in [9.17, 15) is 8.42 Å². The average molecular weight is 301 g/mol. The van der Waals surface area contributed by atoms with Gasteiger partial charge in [-0.1, -0.05) is 6.92 Å².